The third-order valence-corrected chi connectivity index (χ3v) is 4.54. The van der Waals surface area contributed by atoms with Gasteiger partial charge in [-0.2, -0.15) is 0 Å². The summed E-state index contributed by atoms with van der Waals surface area (Å²) in [6.45, 7) is 1.89. The molecular weight excluding hydrogens is 344 g/mol. The van der Waals surface area contributed by atoms with Crippen molar-refractivity contribution in [2.45, 2.75) is 25.8 Å². The summed E-state index contributed by atoms with van der Waals surface area (Å²) in [5.41, 5.74) is 2.54. The quantitative estimate of drug-likeness (QED) is 0.768. The zero-order valence-electron chi connectivity index (χ0n) is 15.3. The fourth-order valence-corrected chi connectivity index (χ4v) is 2.68. The summed E-state index contributed by atoms with van der Waals surface area (Å²) in [6.07, 6.45) is 1.93. The van der Waals surface area contributed by atoms with E-state index in [9.17, 15) is 14.4 Å². The Morgan fingerprint density at radius 2 is 1.56 bits per heavy atom. The van der Waals surface area contributed by atoms with E-state index in [4.69, 9.17) is 0 Å². The molecule has 140 valence electrons. The van der Waals surface area contributed by atoms with Crippen LogP contribution in [0.4, 0.5) is 5.69 Å². The molecule has 0 radical (unpaired) electrons. The molecule has 0 aliphatic heterocycles. The molecule has 2 aromatic carbocycles. The predicted octanol–water partition coefficient (Wildman–Crippen LogP) is 3.31. The molecule has 1 unspecified atom stereocenters. The maximum absolute atomic E-state index is 12.4. The number of hydrogen-bond donors (Lipinski definition) is 2. The normalized spacial score (nSPS) is 14.1. The van der Waals surface area contributed by atoms with E-state index in [-0.39, 0.29) is 23.8 Å². The van der Waals surface area contributed by atoms with Crippen LogP contribution in [0.1, 0.15) is 52.1 Å². The number of carbonyl (C=O) groups is 3. The largest absolute Gasteiger partial charge is 0.465 e. The molecule has 1 fully saturated rings. The summed E-state index contributed by atoms with van der Waals surface area (Å²) in [7, 11) is 1.31. The Bertz CT molecular complexity index is 839. The SMILES string of the molecule is COC(=O)c1ccc(C(=O)NC(C)c2ccc(NC(=O)C3CC3)cc2)cc1. The standard InChI is InChI=1S/C21H22N2O4/c1-13(14-9-11-18(12-10-14)23-20(25)16-3-4-16)22-19(24)15-5-7-17(8-6-15)21(26)27-2/h5-13,16H,3-4H2,1-2H3,(H,22,24)(H,23,25). The molecule has 0 bridgehead atoms. The van der Waals surface area contributed by atoms with Crippen molar-refractivity contribution in [2.75, 3.05) is 12.4 Å². The Morgan fingerprint density at radius 3 is 2.11 bits per heavy atom. The second-order valence-corrected chi connectivity index (χ2v) is 6.65. The predicted molar refractivity (Wildman–Crippen MR) is 101 cm³/mol. The number of nitrogens with one attached hydrogen (secondary N) is 2. The first-order valence-corrected chi connectivity index (χ1v) is 8.88. The van der Waals surface area contributed by atoms with Crippen LogP contribution in [0.3, 0.4) is 0 Å². The summed E-state index contributed by atoms with van der Waals surface area (Å²) < 4.78 is 4.64. The van der Waals surface area contributed by atoms with E-state index >= 15 is 0 Å². The monoisotopic (exact) mass is 366 g/mol. The molecule has 0 aromatic heterocycles. The van der Waals surface area contributed by atoms with E-state index in [0.29, 0.717) is 11.1 Å². The van der Waals surface area contributed by atoms with Gasteiger partial charge in [-0.1, -0.05) is 12.1 Å². The van der Waals surface area contributed by atoms with Crippen LogP contribution >= 0.6 is 0 Å². The number of benzene rings is 2. The lowest BCUT2D eigenvalue weighted by atomic mass is 10.1. The van der Waals surface area contributed by atoms with Crippen molar-refractivity contribution in [3.8, 4) is 0 Å². The van der Waals surface area contributed by atoms with Gasteiger partial charge in [-0.25, -0.2) is 4.79 Å². The zero-order valence-corrected chi connectivity index (χ0v) is 15.3. The maximum Gasteiger partial charge on any atom is 0.337 e. The highest BCUT2D eigenvalue weighted by Crippen LogP contribution is 2.30. The van der Waals surface area contributed by atoms with E-state index in [0.717, 1.165) is 24.1 Å². The van der Waals surface area contributed by atoms with Crippen LogP contribution in [0, 0.1) is 5.92 Å². The Kier molecular flexibility index (Phi) is 5.54. The van der Waals surface area contributed by atoms with E-state index in [2.05, 4.69) is 15.4 Å². The van der Waals surface area contributed by atoms with Crippen molar-refractivity contribution in [2.24, 2.45) is 5.92 Å². The lowest BCUT2D eigenvalue weighted by Crippen LogP contribution is -2.26. The number of carbonyl (C=O) groups excluding carboxylic acids is 3. The lowest BCUT2D eigenvalue weighted by Gasteiger charge is -2.15. The molecule has 6 heteroatoms. The van der Waals surface area contributed by atoms with Crippen LogP contribution in [-0.2, 0) is 9.53 Å². The highest BCUT2D eigenvalue weighted by atomic mass is 16.5. The molecule has 1 aliphatic rings. The molecule has 2 amide bonds. The summed E-state index contributed by atoms with van der Waals surface area (Å²) in [4.78, 5) is 35.6. The van der Waals surface area contributed by atoms with Gasteiger partial charge in [0.1, 0.15) is 0 Å². The number of anilines is 1. The minimum atomic E-state index is -0.441. The van der Waals surface area contributed by atoms with Crippen molar-refractivity contribution < 1.29 is 19.1 Å². The fourth-order valence-electron chi connectivity index (χ4n) is 2.68. The minimum Gasteiger partial charge on any atom is -0.465 e. The van der Waals surface area contributed by atoms with Crippen LogP contribution in [0.25, 0.3) is 0 Å². The van der Waals surface area contributed by atoms with Crippen LogP contribution in [0.15, 0.2) is 48.5 Å². The fraction of sp³-hybridized carbons (Fsp3) is 0.286. The molecule has 6 nitrogen and oxygen atoms in total. The molecule has 2 N–H and O–H groups in total. The van der Waals surface area contributed by atoms with E-state index in [1.807, 2.05) is 31.2 Å². The highest BCUT2D eigenvalue weighted by molar-refractivity contribution is 5.96. The molecule has 1 saturated carbocycles. The smallest absolute Gasteiger partial charge is 0.337 e. The van der Waals surface area contributed by atoms with Crippen LogP contribution in [-0.4, -0.2) is 24.9 Å². The van der Waals surface area contributed by atoms with Crippen molar-refractivity contribution in [3.05, 3.63) is 65.2 Å². The number of ether oxygens (including phenoxy) is 1. The van der Waals surface area contributed by atoms with Crippen LogP contribution in [0.5, 0.6) is 0 Å². The van der Waals surface area contributed by atoms with Gasteiger partial charge in [0.2, 0.25) is 5.91 Å². The van der Waals surface area contributed by atoms with Gasteiger partial charge in [0.15, 0.2) is 0 Å². The maximum atomic E-state index is 12.4. The van der Waals surface area contributed by atoms with Gasteiger partial charge in [-0.05, 0) is 61.7 Å². The Hall–Kier alpha value is -3.15. The number of rotatable bonds is 6. The number of hydrogen-bond acceptors (Lipinski definition) is 4. The third-order valence-electron chi connectivity index (χ3n) is 4.54. The van der Waals surface area contributed by atoms with Gasteiger partial charge in [-0.3, -0.25) is 9.59 Å². The van der Waals surface area contributed by atoms with Crippen LogP contribution < -0.4 is 10.6 Å². The summed E-state index contributed by atoms with van der Waals surface area (Å²) >= 11 is 0. The first kappa shape index (κ1) is 18.6. The average molecular weight is 366 g/mol. The molecule has 0 spiro atoms. The Labute approximate surface area is 157 Å². The van der Waals surface area contributed by atoms with Crippen molar-refractivity contribution >= 4 is 23.5 Å². The second kappa shape index (κ2) is 8.03. The molecule has 1 aliphatic carbocycles. The molecule has 3 rings (SSSR count). The van der Waals surface area contributed by atoms with E-state index in [1.54, 1.807) is 24.3 Å². The van der Waals surface area contributed by atoms with Gasteiger partial charge in [0.25, 0.3) is 5.91 Å². The van der Waals surface area contributed by atoms with Gasteiger partial charge >= 0.3 is 5.97 Å². The van der Waals surface area contributed by atoms with Gasteiger partial charge in [-0.15, -0.1) is 0 Å². The number of esters is 1. The molecule has 27 heavy (non-hydrogen) atoms. The Balaban J connectivity index is 1.58. The molecule has 1 atom stereocenters. The van der Waals surface area contributed by atoms with Crippen molar-refractivity contribution in [1.29, 1.82) is 0 Å². The molecular formula is C21H22N2O4. The topological polar surface area (TPSA) is 84.5 Å². The van der Waals surface area contributed by atoms with Gasteiger partial charge in [0.05, 0.1) is 18.7 Å². The first-order chi connectivity index (χ1) is 13.0. The van der Waals surface area contributed by atoms with Crippen LogP contribution in [0.2, 0.25) is 0 Å². The van der Waals surface area contributed by atoms with Crippen molar-refractivity contribution in [3.63, 3.8) is 0 Å². The summed E-state index contributed by atoms with van der Waals surface area (Å²) in [6, 6.07) is 13.5. The van der Waals surface area contributed by atoms with Crippen molar-refractivity contribution in [1.82, 2.24) is 5.32 Å². The highest BCUT2D eigenvalue weighted by Gasteiger charge is 2.29. The van der Waals surface area contributed by atoms with E-state index in [1.165, 1.54) is 7.11 Å². The molecule has 2 aromatic rings. The first-order valence-electron chi connectivity index (χ1n) is 8.88. The summed E-state index contributed by atoms with van der Waals surface area (Å²) in [5, 5.41) is 5.81. The molecule has 0 heterocycles. The zero-order chi connectivity index (χ0) is 19.4. The van der Waals surface area contributed by atoms with E-state index < -0.39 is 5.97 Å². The van der Waals surface area contributed by atoms with Gasteiger partial charge < -0.3 is 15.4 Å². The second-order valence-electron chi connectivity index (χ2n) is 6.65. The average Bonchev–Trinajstić information content (AvgIpc) is 3.53. The Morgan fingerprint density at radius 1 is 0.963 bits per heavy atom. The minimum absolute atomic E-state index is 0.0690. The lowest BCUT2D eigenvalue weighted by molar-refractivity contribution is -0.117. The number of methoxy groups -OCH3 is 1. The molecule has 0 saturated heterocycles. The van der Waals surface area contributed by atoms with Gasteiger partial charge in [0, 0.05) is 17.2 Å². The third kappa shape index (κ3) is 4.73. The summed E-state index contributed by atoms with van der Waals surface area (Å²) in [5.74, 6) is -0.442. The number of amides is 2.